The lowest BCUT2D eigenvalue weighted by Crippen LogP contribution is -2.30. The van der Waals surface area contributed by atoms with E-state index in [-0.39, 0.29) is 5.97 Å². The molecule has 4 nitrogen and oxygen atoms in total. The highest BCUT2D eigenvalue weighted by atomic mass is 79.9. The number of carbonyl (C=O) groups is 1. The van der Waals surface area contributed by atoms with Crippen LogP contribution < -0.4 is 5.32 Å². The van der Waals surface area contributed by atoms with Crippen molar-refractivity contribution in [3.05, 3.63) is 79.4 Å². The summed E-state index contributed by atoms with van der Waals surface area (Å²) in [5, 5.41) is 5.02. The van der Waals surface area contributed by atoms with E-state index in [1.165, 1.54) is 11.8 Å². The maximum absolute atomic E-state index is 12.6. The van der Waals surface area contributed by atoms with Gasteiger partial charge in [-0.15, -0.1) is 0 Å². The summed E-state index contributed by atoms with van der Waals surface area (Å²) in [6.07, 6.45) is 0. The van der Waals surface area contributed by atoms with E-state index in [0.717, 1.165) is 26.5 Å². The summed E-state index contributed by atoms with van der Waals surface area (Å²) in [5.74, 6) is 0.301. The van der Waals surface area contributed by atoms with Gasteiger partial charge in [-0.05, 0) is 49.2 Å². The van der Waals surface area contributed by atoms with E-state index >= 15 is 0 Å². The molecule has 0 spiro atoms. The van der Waals surface area contributed by atoms with Crippen LogP contribution in [0.4, 0.5) is 0 Å². The van der Waals surface area contributed by atoms with Crippen molar-refractivity contribution in [2.24, 2.45) is 4.99 Å². The minimum atomic E-state index is -0.441. The third-order valence-electron chi connectivity index (χ3n) is 4.24. The van der Waals surface area contributed by atoms with Crippen LogP contribution in [0, 0.1) is 0 Å². The molecule has 0 saturated heterocycles. The maximum Gasteiger partial charge on any atom is 0.338 e. The third-order valence-corrected chi connectivity index (χ3v) is 6.43. The number of thioether (sulfide) groups is 1. The quantitative estimate of drug-likeness (QED) is 0.462. The molecule has 1 heterocycles. The van der Waals surface area contributed by atoms with Gasteiger partial charge in [0.25, 0.3) is 0 Å². The number of halogens is 3. The average molecular weight is 514 g/mol. The number of hydrogen-bond donors (Lipinski definition) is 1. The van der Waals surface area contributed by atoms with Crippen molar-refractivity contribution in [1.29, 1.82) is 0 Å². The van der Waals surface area contributed by atoms with E-state index in [1.807, 2.05) is 43.3 Å². The van der Waals surface area contributed by atoms with Crippen LogP contribution in [0.15, 0.2) is 63.2 Å². The molecular formula is C21H19BrCl2N2O2S. The Labute approximate surface area is 192 Å². The Kier molecular flexibility index (Phi) is 7.68. The van der Waals surface area contributed by atoms with E-state index in [1.54, 1.807) is 13.0 Å². The first kappa shape index (κ1) is 22.2. The predicted octanol–water partition coefficient (Wildman–Crippen LogP) is 6.53. The summed E-state index contributed by atoms with van der Waals surface area (Å²) in [4.78, 5) is 17.4. The molecule has 0 fully saturated rings. The zero-order valence-electron chi connectivity index (χ0n) is 15.8. The van der Waals surface area contributed by atoms with Gasteiger partial charge in [0, 0.05) is 15.9 Å². The number of carbonyl (C=O) groups excluding carboxylic acids is 1. The lowest BCUT2D eigenvalue weighted by Gasteiger charge is -2.26. The molecule has 3 rings (SSSR count). The Hall–Kier alpha value is -1.47. The van der Waals surface area contributed by atoms with Gasteiger partial charge in [-0.2, -0.15) is 0 Å². The van der Waals surface area contributed by atoms with E-state index < -0.39 is 6.04 Å². The van der Waals surface area contributed by atoms with Crippen LogP contribution in [0.2, 0.25) is 10.0 Å². The van der Waals surface area contributed by atoms with E-state index in [4.69, 9.17) is 32.9 Å². The van der Waals surface area contributed by atoms with Crippen LogP contribution in [0.1, 0.15) is 31.0 Å². The SMILES string of the molecule is CCOC(=O)C1=C(C)NC(SCc2ccc(Cl)c(Cl)c2)=N[C@@H]1c1cccc(Br)c1. The summed E-state index contributed by atoms with van der Waals surface area (Å²) in [6, 6.07) is 12.9. The molecule has 0 bridgehead atoms. The second-order valence-electron chi connectivity index (χ2n) is 6.31. The van der Waals surface area contributed by atoms with Crippen molar-refractivity contribution in [2.75, 3.05) is 6.61 Å². The van der Waals surface area contributed by atoms with Crippen LogP contribution >= 0.6 is 50.9 Å². The molecule has 0 amide bonds. The summed E-state index contributed by atoms with van der Waals surface area (Å²) in [7, 11) is 0. The first-order valence-corrected chi connectivity index (χ1v) is 11.5. The Morgan fingerprint density at radius 1 is 1.24 bits per heavy atom. The molecule has 0 aromatic heterocycles. The Morgan fingerprint density at radius 3 is 2.72 bits per heavy atom. The molecule has 2 aromatic carbocycles. The van der Waals surface area contributed by atoms with Gasteiger partial charge in [0.15, 0.2) is 5.17 Å². The van der Waals surface area contributed by atoms with Crippen molar-refractivity contribution in [2.45, 2.75) is 25.6 Å². The van der Waals surface area contributed by atoms with E-state index in [2.05, 4.69) is 21.2 Å². The zero-order valence-corrected chi connectivity index (χ0v) is 19.8. The third kappa shape index (κ3) is 5.57. The molecule has 8 heteroatoms. The summed E-state index contributed by atoms with van der Waals surface area (Å²) < 4.78 is 6.20. The van der Waals surface area contributed by atoms with E-state index in [9.17, 15) is 4.79 Å². The molecule has 1 aliphatic heterocycles. The Balaban J connectivity index is 1.88. The number of nitrogens with one attached hydrogen (secondary N) is 1. The first-order chi connectivity index (χ1) is 13.9. The lowest BCUT2D eigenvalue weighted by atomic mass is 9.97. The molecule has 29 heavy (non-hydrogen) atoms. The van der Waals surface area contributed by atoms with Crippen LogP contribution in [0.25, 0.3) is 0 Å². The highest BCUT2D eigenvalue weighted by molar-refractivity contribution is 9.10. The van der Waals surface area contributed by atoms with Crippen molar-refractivity contribution in [3.8, 4) is 0 Å². The maximum atomic E-state index is 12.6. The number of nitrogens with zero attached hydrogens (tertiary/aromatic N) is 1. The number of hydrogen-bond acceptors (Lipinski definition) is 5. The second-order valence-corrected chi connectivity index (χ2v) is 9.01. The molecule has 1 atom stereocenters. The number of ether oxygens (including phenoxy) is 1. The number of benzene rings is 2. The Morgan fingerprint density at radius 2 is 2.03 bits per heavy atom. The highest BCUT2D eigenvalue weighted by Gasteiger charge is 2.30. The molecule has 0 saturated carbocycles. The van der Waals surface area contributed by atoms with Gasteiger partial charge < -0.3 is 10.1 Å². The van der Waals surface area contributed by atoms with Crippen LogP contribution in [0.3, 0.4) is 0 Å². The fraction of sp³-hybridized carbons (Fsp3) is 0.238. The number of rotatable bonds is 5. The second kappa shape index (κ2) is 10.0. The largest absolute Gasteiger partial charge is 0.463 e. The van der Waals surface area contributed by atoms with Crippen molar-refractivity contribution in [3.63, 3.8) is 0 Å². The molecule has 0 unspecified atom stereocenters. The van der Waals surface area contributed by atoms with E-state index in [0.29, 0.717) is 28.0 Å². The minimum Gasteiger partial charge on any atom is -0.463 e. The lowest BCUT2D eigenvalue weighted by molar-refractivity contribution is -0.138. The van der Waals surface area contributed by atoms with Gasteiger partial charge in [-0.25, -0.2) is 9.79 Å². The number of esters is 1. The fourth-order valence-electron chi connectivity index (χ4n) is 2.89. The topological polar surface area (TPSA) is 50.7 Å². The number of aliphatic imine (C=N–C) groups is 1. The first-order valence-electron chi connectivity index (χ1n) is 8.94. The molecule has 0 aliphatic carbocycles. The minimum absolute atomic E-state index is 0.309. The summed E-state index contributed by atoms with van der Waals surface area (Å²) in [6.45, 7) is 3.97. The van der Waals surface area contributed by atoms with Crippen molar-refractivity contribution < 1.29 is 9.53 Å². The van der Waals surface area contributed by atoms with Gasteiger partial charge in [0.2, 0.25) is 0 Å². The molecule has 0 radical (unpaired) electrons. The zero-order chi connectivity index (χ0) is 21.0. The normalized spacial score (nSPS) is 16.3. The monoisotopic (exact) mass is 512 g/mol. The number of allylic oxidation sites excluding steroid dienone is 1. The number of amidine groups is 1. The van der Waals surface area contributed by atoms with Gasteiger partial charge >= 0.3 is 5.97 Å². The smallest absolute Gasteiger partial charge is 0.338 e. The van der Waals surface area contributed by atoms with Crippen LogP contribution in [0.5, 0.6) is 0 Å². The summed E-state index contributed by atoms with van der Waals surface area (Å²) >= 11 is 17.1. The Bertz CT molecular complexity index is 994. The van der Waals surface area contributed by atoms with Gasteiger partial charge in [-0.3, -0.25) is 0 Å². The van der Waals surface area contributed by atoms with Crippen LogP contribution in [-0.4, -0.2) is 17.7 Å². The summed E-state index contributed by atoms with van der Waals surface area (Å²) in [5.41, 5.74) is 3.20. The van der Waals surface area contributed by atoms with Gasteiger partial charge in [-0.1, -0.05) is 69.1 Å². The van der Waals surface area contributed by atoms with Crippen molar-refractivity contribution in [1.82, 2.24) is 5.32 Å². The van der Waals surface area contributed by atoms with Crippen molar-refractivity contribution >= 4 is 62.0 Å². The highest BCUT2D eigenvalue weighted by Crippen LogP contribution is 2.34. The molecule has 1 aliphatic rings. The standard InChI is InChI=1S/C21H19BrCl2N2O2S/c1-3-28-20(27)18-12(2)25-21(26-19(18)14-5-4-6-15(22)10-14)29-11-13-7-8-16(23)17(24)9-13/h4-10,19H,3,11H2,1-2H3,(H,25,26)/t19-/m1/s1. The molecule has 2 aromatic rings. The molecular weight excluding hydrogens is 495 g/mol. The predicted molar refractivity (Wildman–Crippen MR) is 125 cm³/mol. The van der Waals surface area contributed by atoms with Crippen LogP contribution in [-0.2, 0) is 15.3 Å². The van der Waals surface area contributed by atoms with Gasteiger partial charge in [0.05, 0.1) is 22.2 Å². The van der Waals surface area contributed by atoms with Gasteiger partial charge in [0.1, 0.15) is 6.04 Å². The molecule has 1 N–H and O–H groups in total. The molecule has 152 valence electrons. The fourth-order valence-corrected chi connectivity index (χ4v) is 4.52. The average Bonchev–Trinajstić information content (AvgIpc) is 2.68.